The molecule has 1 aliphatic heterocycles. The van der Waals surface area contributed by atoms with Gasteiger partial charge in [0.2, 0.25) is 0 Å². The second-order valence-corrected chi connectivity index (χ2v) is 8.38. The van der Waals surface area contributed by atoms with Gasteiger partial charge in [0, 0.05) is 0 Å². The first-order valence-electron chi connectivity index (χ1n) is 10.4. The lowest BCUT2D eigenvalue weighted by atomic mass is 9.84. The summed E-state index contributed by atoms with van der Waals surface area (Å²) in [6.07, 6.45) is 10.3. The van der Waals surface area contributed by atoms with E-state index < -0.39 is 6.10 Å². The molecule has 3 heteroatoms. The van der Waals surface area contributed by atoms with Crippen molar-refractivity contribution in [3.63, 3.8) is 0 Å². The molecule has 1 aliphatic carbocycles. The molecule has 0 spiro atoms. The molecule has 0 bridgehead atoms. The van der Waals surface area contributed by atoms with E-state index in [0.29, 0.717) is 18.7 Å². The van der Waals surface area contributed by atoms with Crippen LogP contribution >= 0.6 is 0 Å². The minimum absolute atomic E-state index is 0.393. The van der Waals surface area contributed by atoms with Gasteiger partial charge in [-0.1, -0.05) is 31.4 Å². The Morgan fingerprint density at radius 2 is 1.60 bits per heavy atom. The monoisotopic (exact) mass is 346 g/mol. The van der Waals surface area contributed by atoms with Crippen LogP contribution in [-0.2, 0) is 0 Å². The molecular formula is C22H36NO2+. The van der Waals surface area contributed by atoms with Gasteiger partial charge >= 0.3 is 0 Å². The second kappa shape index (κ2) is 9.05. The zero-order valence-electron chi connectivity index (χ0n) is 16.0. The van der Waals surface area contributed by atoms with Crippen molar-refractivity contribution < 1.29 is 14.7 Å². The first kappa shape index (κ1) is 18.7. The van der Waals surface area contributed by atoms with Crippen LogP contribution in [0.4, 0.5) is 0 Å². The van der Waals surface area contributed by atoms with E-state index in [1.807, 2.05) is 0 Å². The minimum Gasteiger partial charge on any atom is -0.491 e. The van der Waals surface area contributed by atoms with Crippen LogP contribution in [0.5, 0.6) is 5.75 Å². The average Bonchev–Trinajstić information content (AvgIpc) is 2.64. The molecule has 1 saturated carbocycles. The van der Waals surface area contributed by atoms with Crippen LogP contribution in [0, 0.1) is 0 Å². The van der Waals surface area contributed by atoms with Crippen molar-refractivity contribution in [2.75, 3.05) is 13.2 Å². The van der Waals surface area contributed by atoms with Crippen LogP contribution in [0.15, 0.2) is 24.3 Å². The maximum absolute atomic E-state index is 10.4. The van der Waals surface area contributed by atoms with E-state index in [4.69, 9.17) is 4.74 Å². The van der Waals surface area contributed by atoms with E-state index in [-0.39, 0.29) is 0 Å². The summed E-state index contributed by atoms with van der Waals surface area (Å²) >= 11 is 0. The average molecular weight is 347 g/mol. The Morgan fingerprint density at radius 1 is 0.960 bits per heavy atom. The van der Waals surface area contributed by atoms with Crippen molar-refractivity contribution in [1.29, 1.82) is 0 Å². The molecule has 1 saturated heterocycles. The molecular weight excluding hydrogens is 310 g/mol. The van der Waals surface area contributed by atoms with Crippen molar-refractivity contribution >= 4 is 0 Å². The molecule has 0 amide bonds. The smallest absolute Gasteiger partial charge is 0.137 e. The van der Waals surface area contributed by atoms with Gasteiger partial charge in [-0.25, -0.2) is 0 Å². The fourth-order valence-corrected chi connectivity index (χ4v) is 4.78. The Kier molecular flexibility index (Phi) is 6.77. The Balaban J connectivity index is 1.46. The van der Waals surface area contributed by atoms with Crippen LogP contribution < -0.4 is 9.64 Å². The molecule has 3 atom stereocenters. The van der Waals surface area contributed by atoms with Gasteiger partial charge < -0.3 is 14.7 Å². The number of quaternary nitrogens is 1. The number of rotatable bonds is 6. The molecule has 1 aromatic carbocycles. The molecule has 1 heterocycles. The fraction of sp³-hybridized carbons (Fsp3) is 0.727. The minimum atomic E-state index is -0.393. The van der Waals surface area contributed by atoms with Gasteiger partial charge in [0.1, 0.15) is 25.0 Å². The molecule has 3 nitrogen and oxygen atoms in total. The topological polar surface area (TPSA) is 33.9 Å². The number of likely N-dealkylation sites (tertiary alicyclic amines) is 1. The molecule has 2 fully saturated rings. The van der Waals surface area contributed by atoms with Gasteiger partial charge in [-0.3, -0.25) is 0 Å². The summed E-state index contributed by atoms with van der Waals surface area (Å²) in [5.41, 5.74) is 1.45. The van der Waals surface area contributed by atoms with Crippen molar-refractivity contribution in [3.8, 4) is 5.75 Å². The zero-order valence-corrected chi connectivity index (χ0v) is 16.0. The quantitative estimate of drug-likeness (QED) is 0.828. The predicted molar refractivity (Wildman–Crippen MR) is 102 cm³/mol. The van der Waals surface area contributed by atoms with E-state index in [0.717, 1.165) is 18.2 Å². The molecule has 3 rings (SSSR count). The van der Waals surface area contributed by atoms with Crippen LogP contribution in [-0.4, -0.2) is 36.4 Å². The van der Waals surface area contributed by atoms with Gasteiger partial charge in [-0.05, 0) is 69.6 Å². The summed E-state index contributed by atoms with van der Waals surface area (Å²) in [5, 5.41) is 10.4. The predicted octanol–water partition coefficient (Wildman–Crippen LogP) is 3.32. The first-order chi connectivity index (χ1) is 12.1. The van der Waals surface area contributed by atoms with E-state index in [9.17, 15) is 5.11 Å². The fourth-order valence-electron chi connectivity index (χ4n) is 4.78. The maximum Gasteiger partial charge on any atom is 0.137 e. The van der Waals surface area contributed by atoms with Crippen molar-refractivity contribution in [1.82, 2.24) is 0 Å². The summed E-state index contributed by atoms with van der Waals surface area (Å²) in [7, 11) is 0. The maximum atomic E-state index is 10.4. The lowest BCUT2D eigenvalue weighted by Gasteiger charge is -2.36. The molecule has 0 aromatic heterocycles. The van der Waals surface area contributed by atoms with E-state index in [1.54, 1.807) is 0 Å². The molecule has 140 valence electrons. The summed E-state index contributed by atoms with van der Waals surface area (Å²) in [5.74, 6) is 1.62. The molecule has 2 aliphatic rings. The van der Waals surface area contributed by atoms with Crippen LogP contribution in [0.25, 0.3) is 0 Å². The van der Waals surface area contributed by atoms with Gasteiger partial charge in [0.05, 0.1) is 12.1 Å². The lowest BCUT2D eigenvalue weighted by molar-refractivity contribution is -0.954. The van der Waals surface area contributed by atoms with Crippen molar-refractivity contribution in [2.24, 2.45) is 0 Å². The normalized spacial score (nSPS) is 29.3. The Morgan fingerprint density at radius 3 is 2.24 bits per heavy atom. The van der Waals surface area contributed by atoms with Gasteiger partial charge in [-0.2, -0.15) is 0 Å². The van der Waals surface area contributed by atoms with E-state index in [2.05, 4.69) is 38.1 Å². The Labute approximate surface area is 153 Å². The highest BCUT2D eigenvalue weighted by Crippen LogP contribution is 2.33. The number of aliphatic hydroxyl groups excluding tert-OH is 1. The van der Waals surface area contributed by atoms with E-state index in [1.165, 1.54) is 61.8 Å². The van der Waals surface area contributed by atoms with E-state index >= 15 is 0 Å². The van der Waals surface area contributed by atoms with Crippen LogP contribution in [0.3, 0.4) is 0 Å². The first-order valence-corrected chi connectivity index (χ1v) is 10.4. The summed E-state index contributed by atoms with van der Waals surface area (Å²) in [6, 6.07) is 9.89. The third-order valence-electron chi connectivity index (χ3n) is 6.41. The van der Waals surface area contributed by atoms with Gasteiger partial charge in [0.15, 0.2) is 0 Å². The number of benzene rings is 1. The molecule has 1 aromatic rings. The van der Waals surface area contributed by atoms with Crippen molar-refractivity contribution in [3.05, 3.63) is 29.8 Å². The van der Waals surface area contributed by atoms with Crippen molar-refractivity contribution in [2.45, 2.75) is 89.3 Å². The second-order valence-electron chi connectivity index (χ2n) is 8.38. The highest BCUT2D eigenvalue weighted by molar-refractivity contribution is 5.29. The Bertz CT molecular complexity index is 499. The lowest BCUT2D eigenvalue weighted by Crippen LogP contribution is -3.20. The number of ether oxygens (including phenoxy) is 1. The highest BCUT2D eigenvalue weighted by Gasteiger charge is 2.30. The standard InChI is InChI=1S/C22H35NO2/c1-17-7-6-8-18(2)23(17)15-21(24)16-25-22-13-11-20(12-14-22)19-9-4-3-5-10-19/h11-14,17-19,21,24H,3-10,15-16H2,1-2H3/p+1. The van der Waals surface area contributed by atoms with Crippen LogP contribution in [0.2, 0.25) is 0 Å². The summed E-state index contributed by atoms with van der Waals surface area (Å²) < 4.78 is 5.86. The Hall–Kier alpha value is -1.06. The molecule has 2 N–H and O–H groups in total. The number of piperidine rings is 1. The molecule has 25 heavy (non-hydrogen) atoms. The molecule has 0 radical (unpaired) electrons. The third kappa shape index (κ3) is 5.21. The SMILES string of the molecule is CC1CCCC(C)[NH+]1CC(O)COc1ccc(C2CCCCC2)cc1. The van der Waals surface area contributed by atoms with Gasteiger partial charge in [-0.15, -0.1) is 0 Å². The molecule has 3 unspecified atom stereocenters. The number of aliphatic hydroxyl groups is 1. The largest absolute Gasteiger partial charge is 0.491 e. The number of hydrogen-bond acceptors (Lipinski definition) is 2. The zero-order chi connectivity index (χ0) is 17.6. The number of hydrogen-bond donors (Lipinski definition) is 2. The van der Waals surface area contributed by atoms with Gasteiger partial charge in [0.25, 0.3) is 0 Å². The third-order valence-corrected chi connectivity index (χ3v) is 6.41. The summed E-state index contributed by atoms with van der Waals surface area (Å²) in [4.78, 5) is 1.54. The summed E-state index contributed by atoms with van der Waals surface area (Å²) in [6.45, 7) is 5.80. The number of nitrogens with one attached hydrogen (secondary N) is 1. The van der Waals surface area contributed by atoms with Crippen LogP contribution in [0.1, 0.15) is 76.7 Å². The highest BCUT2D eigenvalue weighted by atomic mass is 16.5.